The van der Waals surface area contributed by atoms with E-state index in [0.29, 0.717) is 19.0 Å². The number of alkyl halides is 3. The molecule has 0 aliphatic heterocycles. The zero-order valence-electron chi connectivity index (χ0n) is 13.4. The molecule has 0 radical (unpaired) electrons. The molecule has 0 aliphatic rings. The van der Waals surface area contributed by atoms with Crippen LogP contribution in [-0.4, -0.2) is 35.7 Å². The van der Waals surface area contributed by atoms with Crippen LogP contribution in [0, 0.1) is 0 Å². The van der Waals surface area contributed by atoms with Crippen LogP contribution in [0.2, 0.25) is 0 Å². The molecule has 20 heavy (non-hydrogen) atoms. The van der Waals surface area contributed by atoms with Crippen LogP contribution >= 0.6 is 0 Å². The number of unbranched alkanes of at least 4 members (excludes halogenated alkanes) is 2. The van der Waals surface area contributed by atoms with Crippen molar-refractivity contribution < 1.29 is 13.2 Å². The van der Waals surface area contributed by atoms with Crippen LogP contribution < -0.4 is 5.73 Å². The van der Waals surface area contributed by atoms with Crippen molar-refractivity contribution in [1.29, 1.82) is 0 Å². The molecule has 0 saturated heterocycles. The van der Waals surface area contributed by atoms with E-state index in [1.807, 2.05) is 6.92 Å². The summed E-state index contributed by atoms with van der Waals surface area (Å²) in [5, 5.41) is 0. The van der Waals surface area contributed by atoms with Gasteiger partial charge in [-0.05, 0) is 46.6 Å². The molecule has 0 aromatic rings. The van der Waals surface area contributed by atoms with E-state index in [1.165, 1.54) is 0 Å². The predicted octanol–water partition coefficient (Wildman–Crippen LogP) is 4.34. The Morgan fingerprint density at radius 2 is 1.65 bits per heavy atom. The average molecular weight is 296 g/mol. The summed E-state index contributed by atoms with van der Waals surface area (Å²) in [5.74, 6) is 0. The Balaban J connectivity index is 4.58. The maximum Gasteiger partial charge on any atom is 0.389 e. The molecule has 0 heterocycles. The second-order valence-corrected chi connectivity index (χ2v) is 6.16. The standard InChI is InChI=1S/C15H31F3N2/c1-5-6-7-11-20(13(2)3)14(4,12-19)9-8-10-15(16,17)18/h13H,5-12,19H2,1-4H3. The predicted molar refractivity (Wildman–Crippen MR) is 78.7 cm³/mol. The minimum absolute atomic E-state index is 0.147. The maximum atomic E-state index is 12.3. The van der Waals surface area contributed by atoms with E-state index in [9.17, 15) is 13.2 Å². The van der Waals surface area contributed by atoms with Gasteiger partial charge < -0.3 is 5.73 Å². The summed E-state index contributed by atoms with van der Waals surface area (Å²) in [6, 6.07) is 0.297. The average Bonchev–Trinajstić information content (AvgIpc) is 2.32. The fourth-order valence-corrected chi connectivity index (χ4v) is 2.72. The molecule has 0 rings (SSSR count). The summed E-state index contributed by atoms with van der Waals surface area (Å²) >= 11 is 0. The summed E-state index contributed by atoms with van der Waals surface area (Å²) < 4.78 is 36.9. The Hall–Kier alpha value is -0.290. The Morgan fingerprint density at radius 3 is 2.05 bits per heavy atom. The number of hydrogen-bond donors (Lipinski definition) is 1. The van der Waals surface area contributed by atoms with Gasteiger partial charge in [0.2, 0.25) is 0 Å². The van der Waals surface area contributed by atoms with Crippen LogP contribution in [-0.2, 0) is 0 Å². The maximum absolute atomic E-state index is 12.3. The fraction of sp³-hybridized carbons (Fsp3) is 1.00. The lowest BCUT2D eigenvalue weighted by atomic mass is 9.90. The number of halogens is 3. The second kappa shape index (κ2) is 8.88. The molecule has 0 spiro atoms. The molecule has 2 nitrogen and oxygen atoms in total. The Bertz CT molecular complexity index is 254. The number of nitrogens with two attached hydrogens (primary N) is 1. The van der Waals surface area contributed by atoms with Gasteiger partial charge in [-0.25, -0.2) is 0 Å². The first-order valence-corrected chi connectivity index (χ1v) is 7.70. The van der Waals surface area contributed by atoms with E-state index in [0.717, 1.165) is 25.8 Å². The summed E-state index contributed by atoms with van der Waals surface area (Å²) in [7, 11) is 0. The number of rotatable bonds is 10. The van der Waals surface area contributed by atoms with Crippen LogP contribution in [0.3, 0.4) is 0 Å². The fourth-order valence-electron chi connectivity index (χ4n) is 2.72. The van der Waals surface area contributed by atoms with Crippen LogP contribution in [0.15, 0.2) is 0 Å². The smallest absolute Gasteiger partial charge is 0.329 e. The molecule has 1 unspecified atom stereocenters. The molecule has 0 aliphatic carbocycles. The highest BCUT2D eigenvalue weighted by atomic mass is 19.4. The Kier molecular flexibility index (Phi) is 8.75. The summed E-state index contributed by atoms with van der Waals surface area (Å²) in [6.07, 6.45) is -0.791. The molecular weight excluding hydrogens is 265 g/mol. The molecule has 0 amide bonds. The van der Waals surface area contributed by atoms with E-state index in [2.05, 4.69) is 25.7 Å². The minimum Gasteiger partial charge on any atom is -0.329 e. The summed E-state index contributed by atoms with van der Waals surface area (Å²) in [4.78, 5) is 2.28. The van der Waals surface area contributed by atoms with Crippen molar-refractivity contribution in [3.05, 3.63) is 0 Å². The van der Waals surface area contributed by atoms with Gasteiger partial charge in [0.15, 0.2) is 0 Å². The Labute approximate surface area is 121 Å². The SMILES string of the molecule is CCCCCN(C(C)C)C(C)(CN)CCCC(F)(F)F. The zero-order chi connectivity index (χ0) is 15.8. The lowest BCUT2D eigenvalue weighted by molar-refractivity contribution is -0.137. The van der Waals surface area contributed by atoms with Gasteiger partial charge in [-0.3, -0.25) is 4.90 Å². The monoisotopic (exact) mass is 296 g/mol. The van der Waals surface area contributed by atoms with Gasteiger partial charge in [-0.15, -0.1) is 0 Å². The van der Waals surface area contributed by atoms with E-state index >= 15 is 0 Å². The van der Waals surface area contributed by atoms with Gasteiger partial charge in [-0.1, -0.05) is 19.8 Å². The molecule has 2 N–H and O–H groups in total. The molecule has 1 atom stereocenters. The van der Waals surface area contributed by atoms with Crippen molar-refractivity contribution >= 4 is 0 Å². The van der Waals surface area contributed by atoms with Crippen molar-refractivity contribution in [1.82, 2.24) is 4.90 Å². The lowest BCUT2D eigenvalue weighted by Crippen LogP contribution is -2.55. The van der Waals surface area contributed by atoms with Crippen molar-refractivity contribution in [2.75, 3.05) is 13.1 Å². The van der Waals surface area contributed by atoms with Gasteiger partial charge in [0.05, 0.1) is 0 Å². The molecule has 0 aromatic carbocycles. The normalized spacial score (nSPS) is 15.9. The highest BCUT2D eigenvalue weighted by Crippen LogP contribution is 2.28. The molecule has 5 heteroatoms. The quantitative estimate of drug-likeness (QED) is 0.608. The van der Waals surface area contributed by atoms with Crippen LogP contribution in [0.25, 0.3) is 0 Å². The summed E-state index contributed by atoms with van der Waals surface area (Å²) in [6.45, 7) is 9.62. The van der Waals surface area contributed by atoms with Crippen molar-refractivity contribution in [3.8, 4) is 0 Å². The number of nitrogens with zero attached hydrogens (tertiary/aromatic N) is 1. The lowest BCUT2D eigenvalue weighted by Gasteiger charge is -2.44. The van der Waals surface area contributed by atoms with Crippen LogP contribution in [0.1, 0.15) is 66.2 Å². The second-order valence-electron chi connectivity index (χ2n) is 6.16. The van der Waals surface area contributed by atoms with Crippen LogP contribution in [0.4, 0.5) is 13.2 Å². The van der Waals surface area contributed by atoms with Crippen molar-refractivity contribution in [3.63, 3.8) is 0 Å². The topological polar surface area (TPSA) is 29.3 Å². The minimum atomic E-state index is -4.07. The van der Waals surface area contributed by atoms with E-state index in [1.54, 1.807) is 0 Å². The first-order valence-electron chi connectivity index (χ1n) is 7.70. The van der Waals surface area contributed by atoms with E-state index < -0.39 is 12.6 Å². The molecule has 0 bridgehead atoms. The molecule has 122 valence electrons. The first-order chi connectivity index (χ1) is 9.16. The van der Waals surface area contributed by atoms with Crippen LogP contribution in [0.5, 0.6) is 0 Å². The zero-order valence-corrected chi connectivity index (χ0v) is 13.4. The highest BCUT2D eigenvalue weighted by Gasteiger charge is 2.34. The largest absolute Gasteiger partial charge is 0.389 e. The van der Waals surface area contributed by atoms with Gasteiger partial charge in [-0.2, -0.15) is 13.2 Å². The molecule has 0 aromatic heterocycles. The Morgan fingerprint density at radius 1 is 1.05 bits per heavy atom. The van der Waals surface area contributed by atoms with Gasteiger partial charge in [0.25, 0.3) is 0 Å². The van der Waals surface area contributed by atoms with Gasteiger partial charge >= 0.3 is 6.18 Å². The van der Waals surface area contributed by atoms with E-state index in [-0.39, 0.29) is 12.0 Å². The van der Waals surface area contributed by atoms with Gasteiger partial charge in [0, 0.05) is 24.5 Å². The highest BCUT2D eigenvalue weighted by molar-refractivity contribution is 4.89. The number of hydrogen-bond acceptors (Lipinski definition) is 2. The van der Waals surface area contributed by atoms with Crippen molar-refractivity contribution in [2.24, 2.45) is 5.73 Å². The first kappa shape index (κ1) is 19.7. The third kappa shape index (κ3) is 7.48. The third-order valence-corrected chi connectivity index (χ3v) is 3.93. The van der Waals surface area contributed by atoms with Crippen molar-refractivity contribution in [2.45, 2.75) is 84.0 Å². The third-order valence-electron chi connectivity index (χ3n) is 3.93. The van der Waals surface area contributed by atoms with E-state index in [4.69, 9.17) is 5.73 Å². The van der Waals surface area contributed by atoms with Gasteiger partial charge in [0.1, 0.15) is 0 Å². The molecule has 0 saturated carbocycles. The molecule has 0 fully saturated rings. The molecular formula is C15H31F3N2. The summed E-state index contributed by atoms with van der Waals surface area (Å²) in [5.41, 5.74) is 5.54.